The first-order valence-electron chi connectivity index (χ1n) is 3.68. The number of hydrogen-bond acceptors (Lipinski definition) is 2. The quantitative estimate of drug-likeness (QED) is 0.776. The van der Waals surface area contributed by atoms with Gasteiger partial charge in [0, 0.05) is 20.5 Å². The van der Waals surface area contributed by atoms with Gasteiger partial charge in [0.2, 0.25) is 0 Å². The average molecular weight is 217 g/mol. The van der Waals surface area contributed by atoms with Crippen molar-refractivity contribution in [2.24, 2.45) is 0 Å². The van der Waals surface area contributed by atoms with E-state index in [2.05, 4.69) is 0 Å². The molecule has 1 nitrogen and oxygen atoms in total. The van der Waals surface area contributed by atoms with Crippen molar-refractivity contribution in [2.45, 2.75) is 6.61 Å². The highest BCUT2D eigenvalue weighted by Crippen LogP contribution is 2.30. The molecule has 0 unspecified atom stereocenters. The summed E-state index contributed by atoms with van der Waals surface area (Å²) in [7, 11) is 0. The predicted molar refractivity (Wildman–Crippen MR) is 52.7 cm³/mol. The topological polar surface area (TPSA) is 20.2 Å². The van der Waals surface area contributed by atoms with E-state index in [1.54, 1.807) is 12.1 Å². The molecule has 0 atom stereocenters. The Kier molecular flexibility index (Phi) is 2.24. The molecule has 0 radical (unpaired) electrons. The van der Waals surface area contributed by atoms with Gasteiger partial charge in [-0.25, -0.2) is 4.39 Å². The molecule has 68 valence electrons. The van der Waals surface area contributed by atoms with E-state index >= 15 is 0 Å². The molecule has 0 saturated carbocycles. The fourth-order valence-electron chi connectivity index (χ4n) is 1.18. The van der Waals surface area contributed by atoms with Crippen molar-refractivity contribution in [3.05, 3.63) is 33.9 Å². The number of thiophene rings is 1. The lowest BCUT2D eigenvalue weighted by Crippen LogP contribution is -1.83. The van der Waals surface area contributed by atoms with Gasteiger partial charge < -0.3 is 5.11 Å². The van der Waals surface area contributed by atoms with Crippen molar-refractivity contribution in [3.8, 4) is 0 Å². The molecule has 1 aromatic carbocycles. The summed E-state index contributed by atoms with van der Waals surface area (Å²) in [6, 6.07) is 3.26. The van der Waals surface area contributed by atoms with Crippen LogP contribution in [0, 0.1) is 5.82 Å². The number of aliphatic hydroxyl groups is 1. The average Bonchev–Trinajstić information content (AvgIpc) is 2.47. The zero-order valence-electron chi connectivity index (χ0n) is 6.55. The van der Waals surface area contributed by atoms with Crippen molar-refractivity contribution in [1.29, 1.82) is 0 Å². The maximum Gasteiger partial charge on any atom is 0.141 e. The van der Waals surface area contributed by atoms with E-state index in [1.807, 2.05) is 0 Å². The summed E-state index contributed by atoms with van der Waals surface area (Å²) in [5.74, 6) is -0.258. The monoisotopic (exact) mass is 216 g/mol. The summed E-state index contributed by atoms with van der Waals surface area (Å²) in [4.78, 5) is 0. The van der Waals surface area contributed by atoms with Crippen LogP contribution in [-0.4, -0.2) is 5.11 Å². The van der Waals surface area contributed by atoms with Crippen molar-refractivity contribution in [2.75, 3.05) is 0 Å². The Balaban J connectivity index is 2.76. The fraction of sp³-hybridized carbons (Fsp3) is 0.111. The summed E-state index contributed by atoms with van der Waals surface area (Å²) in [6.07, 6.45) is 0. The maximum absolute atomic E-state index is 13.1. The number of halogens is 2. The number of fused-ring (bicyclic) bond motifs is 1. The van der Waals surface area contributed by atoms with Gasteiger partial charge in [-0.3, -0.25) is 0 Å². The molecule has 1 aromatic heterocycles. The van der Waals surface area contributed by atoms with Crippen LogP contribution in [0.5, 0.6) is 0 Å². The van der Waals surface area contributed by atoms with E-state index in [4.69, 9.17) is 16.7 Å². The molecule has 1 N–H and O–H groups in total. The Morgan fingerprint density at radius 3 is 2.92 bits per heavy atom. The van der Waals surface area contributed by atoms with E-state index in [-0.39, 0.29) is 12.4 Å². The molecule has 13 heavy (non-hydrogen) atoms. The fourth-order valence-corrected chi connectivity index (χ4v) is 2.25. The second kappa shape index (κ2) is 3.25. The van der Waals surface area contributed by atoms with Crippen LogP contribution in [0.3, 0.4) is 0 Å². The van der Waals surface area contributed by atoms with Crippen molar-refractivity contribution in [3.63, 3.8) is 0 Å². The first-order chi connectivity index (χ1) is 6.22. The van der Waals surface area contributed by atoms with E-state index in [0.29, 0.717) is 16.0 Å². The van der Waals surface area contributed by atoms with Crippen LogP contribution in [0.15, 0.2) is 17.5 Å². The van der Waals surface area contributed by atoms with Gasteiger partial charge in [-0.1, -0.05) is 11.6 Å². The Morgan fingerprint density at radius 1 is 1.46 bits per heavy atom. The molecule has 2 rings (SSSR count). The third-order valence-corrected chi connectivity index (χ3v) is 3.13. The highest BCUT2D eigenvalue weighted by atomic mass is 35.5. The lowest BCUT2D eigenvalue weighted by atomic mass is 10.2. The largest absolute Gasteiger partial charge is 0.392 e. The number of rotatable bonds is 1. The number of benzene rings is 1. The van der Waals surface area contributed by atoms with E-state index in [9.17, 15) is 4.39 Å². The minimum atomic E-state index is -0.258. The second-order valence-corrected chi connectivity index (χ2v) is 4.00. The van der Waals surface area contributed by atoms with Gasteiger partial charge in [-0.05, 0) is 17.7 Å². The molecule has 0 fully saturated rings. The predicted octanol–water partition coefficient (Wildman–Crippen LogP) is 3.19. The zero-order chi connectivity index (χ0) is 9.42. The van der Waals surface area contributed by atoms with Crippen molar-refractivity contribution in [1.82, 2.24) is 0 Å². The Bertz CT molecular complexity index is 452. The minimum absolute atomic E-state index is 0.117. The molecular formula is C9H6ClFOS. The summed E-state index contributed by atoms with van der Waals surface area (Å²) in [5.41, 5.74) is 0.635. The van der Waals surface area contributed by atoms with Crippen molar-refractivity contribution < 1.29 is 9.50 Å². The normalized spacial score (nSPS) is 11.0. The van der Waals surface area contributed by atoms with Crippen LogP contribution in [-0.2, 0) is 6.61 Å². The molecule has 0 aliphatic heterocycles. The third kappa shape index (κ3) is 1.43. The standard InChI is InChI=1S/C9H6ClFOS/c10-7-2-6-8(11)4-13-9(6)1-5(7)3-12/h1-2,4,12H,3H2. The summed E-state index contributed by atoms with van der Waals surface area (Å²) >= 11 is 7.12. The van der Waals surface area contributed by atoms with Crippen LogP contribution in [0.25, 0.3) is 10.1 Å². The van der Waals surface area contributed by atoms with E-state index in [1.165, 1.54) is 16.7 Å². The summed E-state index contributed by atoms with van der Waals surface area (Å²) in [5, 5.41) is 11.3. The first-order valence-corrected chi connectivity index (χ1v) is 4.94. The lowest BCUT2D eigenvalue weighted by Gasteiger charge is -1.99. The van der Waals surface area contributed by atoms with Gasteiger partial charge >= 0.3 is 0 Å². The number of hydrogen-bond donors (Lipinski definition) is 1. The molecule has 0 spiro atoms. The van der Waals surface area contributed by atoms with Gasteiger partial charge in [-0.2, -0.15) is 0 Å². The van der Waals surface area contributed by atoms with E-state index < -0.39 is 0 Å². The molecular weight excluding hydrogens is 211 g/mol. The third-order valence-electron chi connectivity index (χ3n) is 1.87. The Morgan fingerprint density at radius 2 is 2.23 bits per heavy atom. The lowest BCUT2D eigenvalue weighted by molar-refractivity contribution is 0.282. The Hall–Kier alpha value is -0.640. The van der Waals surface area contributed by atoms with E-state index in [0.717, 1.165) is 4.70 Å². The molecule has 0 aliphatic carbocycles. The molecule has 2 aromatic rings. The highest BCUT2D eigenvalue weighted by Gasteiger charge is 2.07. The van der Waals surface area contributed by atoms with Crippen LogP contribution in [0.4, 0.5) is 4.39 Å². The van der Waals surface area contributed by atoms with Crippen LogP contribution >= 0.6 is 22.9 Å². The van der Waals surface area contributed by atoms with Gasteiger partial charge in [0.15, 0.2) is 0 Å². The zero-order valence-corrected chi connectivity index (χ0v) is 8.12. The Labute approximate surface area is 83.4 Å². The summed E-state index contributed by atoms with van der Waals surface area (Å²) in [6.45, 7) is -0.117. The van der Waals surface area contributed by atoms with Crippen LogP contribution in [0.2, 0.25) is 5.02 Å². The SMILES string of the molecule is OCc1cc2scc(F)c2cc1Cl. The molecule has 1 heterocycles. The molecule has 0 aliphatic rings. The van der Waals surface area contributed by atoms with Gasteiger partial charge in [-0.15, -0.1) is 11.3 Å². The van der Waals surface area contributed by atoms with Crippen molar-refractivity contribution >= 4 is 33.0 Å². The first kappa shape index (κ1) is 8.94. The minimum Gasteiger partial charge on any atom is -0.392 e. The number of aliphatic hydroxyl groups excluding tert-OH is 1. The molecule has 4 heteroatoms. The molecule has 0 saturated heterocycles. The van der Waals surface area contributed by atoms with Crippen LogP contribution < -0.4 is 0 Å². The summed E-state index contributed by atoms with van der Waals surface area (Å²) < 4.78 is 13.9. The van der Waals surface area contributed by atoms with Gasteiger partial charge in [0.1, 0.15) is 5.82 Å². The molecule has 0 bridgehead atoms. The van der Waals surface area contributed by atoms with Gasteiger partial charge in [0.25, 0.3) is 0 Å². The molecule has 0 amide bonds. The van der Waals surface area contributed by atoms with Gasteiger partial charge in [0.05, 0.1) is 6.61 Å². The van der Waals surface area contributed by atoms with Crippen LogP contribution in [0.1, 0.15) is 5.56 Å². The smallest absolute Gasteiger partial charge is 0.141 e. The highest BCUT2D eigenvalue weighted by molar-refractivity contribution is 7.17. The maximum atomic E-state index is 13.1. The second-order valence-electron chi connectivity index (χ2n) is 2.68.